The molecule has 0 aliphatic carbocycles. The Morgan fingerprint density at radius 3 is 2.56 bits per heavy atom. The van der Waals surface area contributed by atoms with Gasteiger partial charge in [0, 0.05) is 0 Å². The third kappa shape index (κ3) is 2.44. The van der Waals surface area contributed by atoms with E-state index in [1.54, 1.807) is 0 Å². The van der Waals surface area contributed by atoms with Crippen molar-refractivity contribution in [2.75, 3.05) is 0 Å². The average molecular weight is 292 g/mol. The molecule has 1 unspecified atom stereocenters. The summed E-state index contributed by atoms with van der Waals surface area (Å²) in [5.74, 6) is -2.72. The Bertz CT molecular complexity index is 651. The fourth-order valence-corrected chi connectivity index (χ4v) is 2.44. The van der Waals surface area contributed by atoms with E-state index in [2.05, 4.69) is 0 Å². The number of aromatic carboxylic acids is 1. The number of sulfone groups is 1. The topological polar surface area (TPSA) is 95.2 Å². The molecule has 0 saturated heterocycles. The van der Waals surface area contributed by atoms with Gasteiger partial charge in [0.1, 0.15) is 11.1 Å². The highest BCUT2D eigenvalue weighted by Crippen LogP contribution is 2.26. The fourth-order valence-electron chi connectivity index (χ4n) is 1.16. The van der Waals surface area contributed by atoms with Crippen LogP contribution in [0, 0.1) is 17.1 Å². The Balaban J connectivity index is 3.56. The third-order valence-corrected chi connectivity index (χ3v) is 4.52. The van der Waals surface area contributed by atoms with Crippen molar-refractivity contribution in [3.8, 4) is 6.07 Å². The summed E-state index contributed by atoms with van der Waals surface area (Å²) in [6.07, 6.45) is 0. The Hall–Kier alpha value is -1.65. The number of hydrogen-bond donors (Lipinski definition) is 1. The molecule has 0 spiro atoms. The van der Waals surface area contributed by atoms with E-state index in [1.165, 1.54) is 6.07 Å². The average Bonchev–Trinajstić information content (AvgIpc) is 2.30. The fraction of sp³-hybridized carbons (Fsp3) is 0.200. The molecule has 0 aromatic heterocycles. The quantitative estimate of drug-likeness (QED) is 0.917. The molecule has 0 saturated carbocycles. The van der Waals surface area contributed by atoms with Gasteiger partial charge in [-0.05, 0) is 19.1 Å². The Labute approximate surface area is 107 Å². The number of rotatable bonds is 3. The maximum Gasteiger partial charge on any atom is 0.337 e. The first kappa shape index (κ1) is 14.4. The number of nitrogens with zero attached hydrogens (tertiary/aromatic N) is 1. The van der Waals surface area contributed by atoms with Gasteiger partial charge in [-0.25, -0.2) is 17.6 Å². The van der Waals surface area contributed by atoms with Gasteiger partial charge in [0.2, 0.25) is 0 Å². The lowest BCUT2D eigenvalue weighted by Crippen LogP contribution is -2.17. The van der Waals surface area contributed by atoms with Gasteiger partial charge in [-0.15, -0.1) is 0 Å². The van der Waals surface area contributed by atoms with Gasteiger partial charge in [0.05, 0.1) is 21.6 Å². The maximum absolute atomic E-state index is 13.4. The molecular formula is C10H7ClFNO4S. The number of carbonyl (C=O) groups is 1. The van der Waals surface area contributed by atoms with Crippen LogP contribution in [0.1, 0.15) is 17.3 Å². The predicted octanol–water partition coefficient (Wildman–Crippen LogP) is 1.86. The molecule has 0 heterocycles. The maximum atomic E-state index is 13.4. The minimum Gasteiger partial charge on any atom is -0.478 e. The summed E-state index contributed by atoms with van der Waals surface area (Å²) < 4.78 is 36.9. The molecule has 0 radical (unpaired) electrons. The Morgan fingerprint density at radius 1 is 1.56 bits per heavy atom. The monoisotopic (exact) mass is 291 g/mol. The molecule has 0 aliphatic rings. The number of carboxylic acids is 1. The number of benzene rings is 1. The zero-order chi connectivity index (χ0) is 14.1. The van der Waals surface area contributed by atoms with E-state index in [0.29, 0.717) is 6.07 Å². The van der Waals surface area contributed by atoms with E-state index >= 15 is 0 Å². The van der Waals surface area contributed by atoms with Crippen molar-refractivity contribution >= 4 is 27.4 Å². The van der Waals surface area contributed by atoms with Crippen LogP contribution >= 0.6 is 11.6 Å². The summed E-state index contributed by atoms with van der Waals surface area (Å²) in [7, 11) is -4.11. The smallest absolute Gasteiger partial charge is 0.337 e. The van der Waals surface area contributed by atoms with Gasteiger partial charge in [-0.2, -0.15) is 5.26 Å². The van der Waals surface area contributed by atoms with Crippen LogP contribution in [0.3, 0.4) is 0 Å². The highest BCUT2D eigenvalue weighted by atomic mass is 35.5. The standard InChI is InChI=1S/C10H7ClFNO4S/c1-5(4-13)18(16,17)6-2-7(10(14)15)9(11)8(12)3-6/h2-3,5H,1H3,(H,14,15). The lowest BCUT2D eigenvalue weighted by Gasteiger charge is -2.08. The second kappa shape index (κ2) is 4.92. The molecule has 8 heteroatoms. The molecule has 0 aliphatic heterocycles. The minimum absolute atomic E-state index is 0.587. The van der Waals surface area contributed by atoms with E-state index in [0.717, 1.165) is 13.0 Å². The molecule has 0 fully saturated rings. The first-order chi connectivity index (χ1) is 8.21. The summed E-state index contributed by atoms with van der Waals surface area (Å²) in [4.78, 5) is 10.2. The van der Waals surface area contributed by atoms with Gasteiger partial charge in [0.25, 0.3) is 0 Å². The SMILES string of the molecule is CC(C#N)S(=O)(=O)c1cc(F)c(Cl)c(C(=O)O)c1. The van der Waals surface area contributed by atoms with Crippen LogP contribution in [0.5, 0.6) is 0 Å². The summed E-state index contributed by atoms with van der Waals surface area (Å²) in [6, 6.07) is 2.82. The van der Waals surface area contributed by atoms with Gasteiger partial charge >= 0.3 is 5.97 Å². The second-order valence-electron chi connectivity index (χ2n) is 3.39. The molecule has 1 atom stereocenters. The summed E-state index contributed by atoms with van der Waals surface area (Å²) in [6.45, 7) is 1.11. The van der Waals surface area contributed by atoms with Crippen molar-refractivity contribution in [1.82, 2.24) is 0 Å². The summed E-state index contributed by atoms with van der Waals surface area (Å²) in [5, 5.41) is 15.2. The minimum atomic E-state index is -4.11. The lowest BCUT2D eigenvalue weighted by molar-refractivity contribution is 0.0696. The normalized spacial score (nSPS) is 12.8. The van der Waals surface area contributed by atoms with Gasteiger partial charge in [-0.3, -0.25) is 0 Å². The number of carboxylic acid groups (broad SMARTS) is 1. The first-order valence-electron chi connectivity index (χ1n) is 4.57. The lowest BCUT2D eigenvalue weighted by atomic mass is 10.2. The Morgan fingerprint density at radius 2 is 2.11 bits per heavy atom. The van der Waals surface area contributed by atoms with Crippen LogP contribution in [0.25, 0.3) is 0 Å². The van der Waals surface area contributed by atoms with Gasteiger partial charge in [-0.1, -0.05) is 11.6 Å². The van der Waals surface area contributed by atoms with E-state index in [-0.39, 0.29) is 0 Å². The summed E-state index contributed by atoms with van der Waals surface area (Å²) >= 11 is 5.41. The zero-order valence-electron chi connectivity index (χ0n) is 9.02. The van der Waals surface area contributed by atoms with Crippen molar-refractivity contribution < 1.29 is 22.7 Å². The molecule has 5 nitrogen and oxygen atoms in total. The third-order valence-electron chi connectivity index (χ3n) is 2.21. The predicted molar refractivity (Wildman–Crippen MR) is 60.6 cm³/mol. The molecule has 1 aromatic carbocycles. The van der Waals surface area contributed by atoms with E-state index in [9.17, 15) is 17.6 Å². The van der Waals surface area contributed by atoms with Crippen molar-refractivity contribution in [3.63, 3.8) is 0 Å². The Kier molecular flexibility index (Phi) is 3.94. The largest absolute Gasteiger partial charge is 0.478 e. The van der Waals surface area contributed by atoms with E-state index in [4.69, 9.17) is 22.0 Å². The van der Waals surface area contributed by atoms with Gasteiger partial charge < -0.3 is 5.11 Å². The van der Waals surface area contributed by atoms with Crippen LogP contribution in [-0.4, -0.2) is 24.7 Å². The van der Waals surface area contributed by atoms with Crippen molar-refractivity contribution in [1.29, 1.82) is 5.26 Å². The molecule has 1 rings (SSSR count). The van der Waals surface area contributed by atoms with E-state index < -0.39 is 42.4 Å². The molecule has 1 aromatic rings. The van der Waals surface area contributed by atoms with Crippen LogP contribution < -0.4 is 0 Å². The number of halogens is 2. The zero-order valence-corrected chi connectivity index (χ0v) is 10.6. The molecule has 96 valence electrons. The summed E-state index contributed by atoms with van der Waals surface area (Å²) in [5.41, 5.74) is -0.666. The molecule has 0 amide bonds. The second-order valence-corrected chi connectivity index (χ2v) is 6.03. The highest BCUT2D eigenvalue weighted by Gasteiger charge is 2.26. The van der Waals surface area contributed by atoms with Crippen molar-refractivity contribution in [3.05, 3.63) is 28.5 Å². The number of hydrogen-bond acceptors (Lipinski definition) is 4. The highest BCUT2D eigenvalue weighted by molar-refractivity contribution is 7.92. The van der Waals surface area contributed by atoms with Crippen LogP contribution in [-0.2, 0) is 9.84 Å². The van der Waals surface area contributed by atoms with Crippen LogP contribution in [0.15, 0.2) is 17.0 Å². The van der Waals surface area contributed by atoms with Crippen LogP contribution in [0.2, 0.25) is 5.02 Å². The van der Waals surface area contributed by atoms with Crippen molar-refractivity contribution in [2.45, 2.75) is 17.1 Å². The molecule has 0 bridgehead atoms. The first-order valence-corrected chi connectivity index (χ1v) is 6.50. The van der Waals surface area contributed by atoms with Crippen molar-refractivity contribution in [2.24, 2.45) is 0 Å². The van der Waals surface area contributed by atoms with E-state index in [1.807, 2.05) is 0 Å². The number of nitriles is 1. The van der Waals surface area contributed by atoms with Crippen LogP contribution in [0.4, 0.5) is 4.39 Å². The van der Waals surface area contributed by atoms with Gasteiger partial charge in [0.15, 0.2) is 9.84 Å². The molecule has 18 heavy (non-hydrogen) atoms. The molecule has 1 N–H and O–H groups in total. The molecular weight excluding hydrogens is 285 g/mol.